The summed E-state index contributed by atoms with van der Waals surface area (Å²) in [4.78, 5) is 16.3. The SMILES string of the molecule is CC.CNCCCCc1ncc(-c2ccc3cc(-c4ccc5nc(CCCCN)[nH]c5c4)ccc3c2)[nH]1. The Bertz CT molecular complexity index is 1410. The van der Waals surface area contributed by atoms with Crippen molar-refractivity contribution in [2.75, 3.05) is 20.1 Å². The van der Waals surface area contributed by atoms with E-state index >= 15 is 0 Å². The van der Waals surface area contributed by atoms with Gasteiger partial charge in [0.15, 0.2) is 0 Å². The first-order chi connectivity index (χ1) is 18.2. The monoisotopic (exact) mass is 496 g/mol. The first-order valence-electron chi connectivity index (χ1n) is 13.7. The number of hydrogen-bond acceptors (Lipinski definition) is 4. The smallest absolute Gasteiger partial charge is 0.107 e. The van der Waals surface area contributed by atoms with E-state index in [1.807, 2.05) is 27.1 Å². The van der Waals surface area contributed by atoms with Gasteiger partial charge in [0, 0.05) is 18.4 Å². The molecule has 6 heteroatoms. The van der Waals surface area contributed by atoms with Crippen LogP contribution in [0.15, 0.2) is 60.8 Å². The van der Waals surface area contributed by atoms with E-state index in [0.29, 0.717) is 0 Å². The highest BCUT2D eigenvalue weighted by atomic mass is 14.9. The molecule has 2 aromatic heterocycles. The lowest BCUT2D eigenvalue weighted by molar-refractivity contribution is 0.666. The fraction of sp³-hybridized carbons (Fsp3) is 0.355. The number of nitrogens with two attached hydrogens (primary N) is 1. The van der Waals surface area contributed by atoms with Crippen LogP contribution in [0.2, 0.25) is 0 Å². The van der Waals surface area contributed by atoms with E-state index in [1.165, 1.54) is 27.5 Å². The molecule has 0 unspecified atom stereocenters. The molecule has 0 saturated carbocycles. The Labute approximate surface area is 220 Å². The molecular weight excluding hydrogens is 456 g/mol. The van der Waals surface area contributed by atoms with Crippen molar-refractivity contribution in [2.45, 2.75) is 52.4 Å². The molecule has 5 rings (SSSR count). The van der Waals surface area contributed by atoms with E-state index in [2.05, 4.69) is 74.9 Å². The van der Waals surface area contributed by atoms with Gasteiger partial charge in [0.25, 0.3) is 0 Å². The van der Waals surface area contributed by atoms with Crippen LogP contribution in [0.3, 0.4) is 0 Å². The first-order valence-corrected chi connectivity index (χ1v) is 13.7. The van der Waals surface area contributed by atoms with Crippen LogP contribution in [0.25, 0.3) is 44.2 Å². The molecule has 0 atom stereocenters. The van der Waals surface area contributed by atoms with E-state index in [1.54, 1.807) is 0 Å². The third-order valence-electron chi connectivity index (χ3n) is 6.60. The lowest BCUT2D eigenvalue weighted by Gasteiger charge is -2.06. The standard InChI is InChI=1S/C29H34N6.C2H6/c1-31-15-5-3-6-28-32-19-27(35-28)24-11-10-20-16-21(8-9-22(20)17-24)23-12-13-25-26(18-23)34-29(33-25)7-2-4-14-30;1-2/h8-13,16-19,31H,2-7,14-15,30H2,1H3,(H,32,35)(H,33,34);1-2H3. The van der Waals surface area contributed by atoms with E-state index in [0.717, 1.165) is 80.0 Å². The van der Waals surface area contributed by atoms with Crippen molar-refractivity contribution >= 4 is 21.8 Å². The van der Waals surface area contributed by atoms with Gasteiger partial charge in [-0.1, -0.05) is 44.2 Å². The van der Waals surface area contributed by atoms with Crippen LogP contribution in [0, 0.1) is 0 Å². The second kappa shape index (κ2) is 13.2. The number of aromatic amines is 2. The van der Waals surface area contributed by atoms with E-state index in [-0.39, 0.29) is 0 Å². The summed E-state index contributed by atoms with van der Waals surface area (Å²) in [6.45, 7) is 5.78. The molecule has 3 aromatic carbocycles. The van der Waals surface area contributed by atoms with Crippen molar-refractivity contribution in [2.24, 2.45) is 5.73 Å². The number of aryl methyl sites for hydroxylation is 2. The van der Waals surface area contributed by atoms with Gasteiger partial charge >= 0.3 is 0 Å². The molecule has 0 radical (unpaired) electrons. The molecule has 5 N–H and O–H groups in total. The lowest BCUT2D eigenvalue weighted by atomic mass is 9.99. The van der Waals surface area contributed by atoms with Crippen molar-refractivity contribution in [1.29, 1.82) is 0 Å². The van der Waals surface area contributed by atoms with Crippen LogP contribution in [0.5, 0.6) is 0 Å². The van der Waals surface area contributed by atoms with Crippen LogP contribution < -0.4 is 11.1 Å². The second-order valence-corrected chi connectivity index (χ2v) is 9.24. The number of hydrogen-bond donors (Lipinski definition) is 4. The second-order valence-electron chi connectivity index (χ2n) is 9.24. The summed E-state index contributed by atoms with van der Waals surface area (Å²) in [5, 5.41) is 5.65. The molecule has 0 fully saturated rings. The van der Waals surface area contributed by atoms with Crippen LogP contribution >= 0.6 is 0 Å². The van der Waals surface area contributed by atoms with Gasteiger partial charge in [-0.2, -0.15) is 0 Å². The third kappa shape index (κ3) is 6.64. The third-order valence-corrected chi connectivity index (χ3v) is 6.60. The minimum atomic E-state index is 0.730. The summed E-state index contributed by atoms with van der Waals surface area (Å²) in [5.41, 5.74) is 12.4. The maximum Gasteiger partial charge on any atom is 0.107 e. The Hall–Kier alpha value is -3.48. The minimum absolute atomic E-state index is 0.730. The Morgan fingerprint density at radius 3 is 2.22 bits per heavy atom. The van der Waals surface area contributed by atoms with Gasteiger partial charge in [-0.25, -0.2) is 9.97 Å². The Morgan fingerprint density at radius 1 is 0.757 bits per heavy atom. The van der Waals surface area contributed by atoms with Gasteiger partial charge < -0.3 is 21.0 Å². The van der Waals surface area contributed by atoms with Crippen molar-refractivity contribution in [3.05, 3.63) is 72.4 Å². The quantitative estimate of drug-likeness (QED) is 0.154. The molecule has 5 aromatic rings. The summed E-state index contributed by atoms with van der Waals surface area (Å²) in [6.07, 6.45) is 8.25. The molecule has 2 heterocycles. The van der Waals surface area contributed by atoms with Gasteiger partial charge in [-0.05, 0) is 92.0 Å². The predicted octanol–water partition coefficient (Wildman–Crippen LogP) is 6.62. The Kier molecular flexibility index (Phi) is 9.46. The largest absolute Gasteiger partial charge is 0.342 e. The number of benzene rings is 3. The van der Waals surface area contributed by atoms with Crippen LogP contribution in [-0.2, 0) is 12.8 Å². The highest BCUT2D eigenvalue weighted by Crippen LogP contribution is 2.29. The van der Waals surface area contributed by atoms with Gasteiger partial charge in [-0.3, -0.25) is 0 Å². The molecule has 0 aliphatic rings. The zero-order valence-electron chi connectivity index (χ0n) is 22.4. The lowest BCUT2D eigenvalue weighted by Crippen LogP contribution is -2.07. The van der Waals surface area contributed by atoms with Gasteiger partial charge in [-0.15, -0.1) is 0 Å². The predicted molar refractivity (Wildman–Crippen MR) is 157 cm³/mol. The molecule has 0 spiro atoms. The summed E-state index contributed by atoms with van der Waals surface area (Å²) in [7, 11) is 1.99. The maximum absolute atomic E-state index is 5.62. The molecular formula is C31H40N6. The molecule has 37 heavy (non-hydrogen) atoms. The van der Waals surface area contributed by atoms with Crippen molar-refractivity contribution in [3.8, 4) is 22.4 Å². The van der Waals surface area contributed by atoms with E-state index < -0.39 is 0 Å². The molecule has 0 aliphatic carbocycles. The summed E-state index contributed by atoms with van der Waals surface area (Å²) in [5.74, 6) is 2.10. The zero-order chi connectivity index (χ0) is 26.0. The number of rotatable bonds is 11. The first kappa shape index (κ1) is 26.6. The molecule has 6 nitrogen and oxygen atoms in total. The van der Waals surface area contributed by atoms with Crippen molar-refractivity contribution in [3.63, 3.8) is 0 Å². The Morgan fingerprint density at radius 2 is 1.43 bits per heavy atom. The van der Waals surface area contributed by atoms with E-state index in [9.17, 15) is 0 Å². The number of unbranched alkanes of at least 4 members (excludes halogenated alkanes) is 2. The number of nitrogens with zero attached hydrogens (tertiary/aromatic N) is 2. The van der Waals surface area contributed by atoms with Crippen LogP contribution in [0.1, 0.15) is 51.2 Å². The van der Waals surface area contributed by atoms with Gasteiger partial charge in [0.2, 0.25) is 0 Å². The summed E-state index contributed by atoms with van der Waals surface area (Å²) in [6, 6.07) is 19.8. The fourth-order valence-electron chi connectivity index (χ4n) is 4.62. The normalized spacial score (nSPS) is 11.1. The highest BCUT2D eigenvalue weighted by molar-refractivity contribution is 5.91. The van der Waals surface area contributed by atoms with Gasteiger partial charge in [0.05, 0.1) is 22.9 Å². The number of imidazole rings is 2. The number of nitrogens with one attached hydrogen (secondary N) is 3. The molecule has 194 valence electrons. The molecule has 0 bridgehead atoms. The van der Waals surface area contributed by atoms with E-state index in [4.69, 9.17) is 10.7 Å². The molecule has 0 amide bonds. The number of aromatic nitrogens is 4. The van der Waals surface area contributed by atoms with Crippen molar-refractivity contribution < 1.29 is 0 Å². The average molecular weight is 497 g/mol. The Balaban J connectivity index is 0.00000156. The molecule has 0 aliphatic heterocycles. The number of H-pyrrole nitrogens is 2. The van der Waals surface area contributed by atoms with Crippen LogP contribution in [0.4, 0.5) is 0 Å². The fourth-order valence-corrected chi connectivity index (χ4v) is 4.62. The average Bonchev–Trinajstić information content (AvgIpc) is 3.58. The molecule has 0 saturated heterocycles. The number of fused-ring (bicyclic) bond motifs is 2. The minimum Gasteiger partial charge on any atom is -0.342 e. The maximum atomic E-state index is 5.62. The van der Waals surface area contributed by atoms with Crippen LogP contribution in [-0.4, -0.2) is 40.1 Å². The van der Waals surface area contributed by atoms with Gasteiger partial charge in [0.1, 0.15) is 11.6 Å². The van der Waals surface area contributed by atoms with Crippen molar-refractivity contribution in [1.82, 2.24) is 25.3 Å². The summed E-state index contributed by atoms with van der Waals surface area (Å²) < 4.78 is 0. The zero-order valence-corrected chi connectivity index (χ0v) is 22.4. The topological polar surface area (TPSA) is 95.4 Å². The highest BCUT2D eigenvalue weighted by Gasteiger charge is 2.08. The summed E-state index contributed by atoms with van der Waals surface area (Å²) >= 11 is 0.